The molecule has 1 aromatic carbocycles. The van der Waals surface area contributed by atoms with Crippen molar-refractivity contribution in [1.29, 1.82) is 0 Å². The lowest BCUT2D eigenvalue weighted by Crippen LogP contribution is -2.57. The average molecular weight is 427 g/mol. The maximum atomic E-state index is 13.5. The van der Waals surface area contributed by atoms with E-state index in [4.69, 9.17) is 0 Å². The molecule has 3 heterocycles. The first-order chi connectivity index (χ1) is 12.9. The van der Waals surface area contributed by atoms with Crippen LogP contribution in [0, 0.1) is 6.92 Å². The summed E-state index contributed by atoms with van der Waals surface area (Å²) >= 11 is 0. The topological polar surface area (TPSA) is 74.7 Å². The third-order valence-corrected chi connectivity index (χ3v) is 7.91. The normalized spacial score (nSPS) is 21.7. The van der Waals surface area contributed by atoms with Crippen LogP contribution in [0.3, 0.4) is 0 Å². The van der Waals surface area contributed by atoms with E-state index in [0.29, 0.717) is 31.1 Å². The van der Waals surface area contributed by atoms with Gasteiger partial charge in [-0.25, -0.2) is 8.42 Å². The van der Waals surface area contributed by atoms with Crippen LogP contribution in [0.5, 0.6) is 0 Å². The van der Waals surface area contributed by atoms with Crippen molar-refractivity contribution in [2.75, 3.05) is 32.7 Å². The number of sulfonamides is 1. The fourth-order valence-electron chi connectivity index (χ4n) is 4.34. The molecule has 0 aliphatic carbocycles. The monoisotopic (exact) mass is 426 g/mol. The molecule has 154 valence electrons. The van der Waals surface area contributed by atoms with Crippen molar-refractivity contribution in [1.82, 2.24) is 19.1 Å². The van der Waals surface area contributed by atoms with Gasteiger partial charge in [0.2, 0.25) is 15.9 Å². The number of hydrogen-bond acceptors (Lipinski definition) is 4. The quantitative estimate of drug-likeness (QED) is 0.807. The SMILES string of the molecule is Cc1c(S(=O)(=O)N2CCCC(N3CCNCC3=O)C2)c2ccccc2n1C.Cl. The Bertz CT molecular complexity index is 988. The summed E-state index contributed by atoms with van der Waals surface area (Å²) in [5.74, 6) is 0.0619. The number of rotatable bonds is 3. The number of piperidine rings is 1. The lowest BCUT2D eigenvalue weighted by atomic mass is 10.1. The van der Waals surface area contributed by atoms with Crippen LogP contribution >= 0.6 is 12.4 Å². The number of nitrogens with one attached hydrogen (secondary N) is 1. The Labute approximate surface area is 172 Å². The Hall–Kier alpha value is -1.61. The molecule has 0 spiro atoms. The van der Waals surface area contributed by atoms with E-state index in [1.54, 1.807) is 4.31 Å². The van der Waals surface area contributed by atoms with E-state index in [1.807, 2.05) is 47.7 Å². The molecule has 9 heteroatoms. The molecule has 0 radical (unpaired) electrons. The number of piperazine rings is 1. The fourth-order valence-corrected chi connectivity index (χ4v) is 6.30. The number of nitrogens with zero attached hydrogens (tertiary/aromatic N) is 3. The second-order valence-electron chi connectivity index (χ2n) is 7.41. The van der Waals surface area contributed by atoms with Gasteiger partial charge in [0.1, 0.15) is 4.90 Å². The smallest absolute Gasteiger partial charge is 0.245 e. The van der Waals surface area contributed by atoms with E-state index in [2.05, 4.69) is 5.32 Å². The van der Waals surface area contributed by atoms with Crippen molar-refractivity contribution >= 4 is 39.2 Å². The van der Waals surface area contributed by atoms with Crippen LogP contribution in [-0.4, -0.2) is 66.9 Å². The van der Waals surface area contributed by atoms with Gasteiger partial charge in [-0.05, 0) is 25.8 Å². The summed E-state index contributed by atoms with van der Waals surface area (Å²) in [6.45, 7) is 4.47. The predicted octanol–water partition coefficient (Wildman–Crippen LogP) is 1.49. The molecule has 0 bridgehead atoms. The minimum Gasteiger partial charge on any atom is -0.347 e. The zero-order valence-corrected chi connectivity index (χ0v) is 17.9. The van der Waals surface area contributed by atoms with Crippen LogP contribution < -0.4 is 5.32 Å². The standard InChI is InChI=1S/C19H26N4O3S.ClH/c1-14-19(16-7-3-4-8-17(16)21(14)2)27(25,26)22-10-5-6-15(13-22)23-11-9-20-12-18(23)24;/h3-4,7-8,15,20H,5-6,9-13H2,1-2H3;1H. The van der Waals surface area contributed by atoms with E-state index < -0.39 is 10.0 Å². The van der Waals surface area contributed by atoms with Crippen LogP contribution in [-0.2, 0) is 21.9 Å². The lowest BCUT2D eigenvalue weighted by Gasteiger charge is -2.40. The Kier molecular flexibility index (Phi) is 6.05. The van der Waals surface area contributed by atoms with Gasteiger partial charge in [0.05, 0.1) is 6.54 Å². The highest BCUT2D eigenvalue weighted by molar-refractivity contribution is 7.89. The minimum atomic E-state index is -3.63. The highest BCUT2D eigenvalue weighted by Crippen LogP contribution is 2.32. The first-order valence-corrected chi connectivity index (χ1v) is 10.9. The molecule has 4 rings (SSSR count). The number of fused-ring (bicyclic) bond motifs is 1. The van der Waals surface area contributed by atoms with Gasteiger partial charge in [-0.3, -0.25) is 4.79 Å². The summed E-state index contributed by atoms with van der Waals surface area (Å²) < 4.78 is 30.6. The van der Waals surface area contributed by atoms with Crippen molar-refractivity contribution in [3.63, 3.8) is 0 Å². The number of aromatic nitrogens is 1. The molecule has 1 aromatic heterocycles. The Balaban J connectivity index is 0.00000225. The van der Waals surface area contributed by atoms with Gasteiger partial charge < -0.3 is 14.8 Å². The molecule has 1 N–H and O–H groups in total. The summed E-state index contributed by atoms with van der Waals surface area (Å²) in [6.07, 6.45) is 1.62. The van der Waals surface area contributed by atoms with Crippen LogP contribution in [0.15, 0.2) is 29.2 Å². The largest absolute Gasteiger partial charge is 0.347 e. The number of aryl methyl sites for hydroxylation is 1. The highest BCUT2D eigenvalue weighted by Gasteiger charge is 2.37. The molecule has 2 aromatic rings. The molecule has 28 heavy (non-hydrogen) atoms. The van der Waals surface area contributed by atoms with Gasteiger partial charge in [-0.2, -0.15) is 4.31 Å². The second-order valence-corrected chi connectivity index (χ2v) is 9.29. The van der Waals surface area contributed by atoms with Crippen LogP contribution in [0.2, 0.25) is 0 Å². The summed E-state index contributed by atoms with van der Waals surface area (Å²) in [4.78, 5) is 14.5. The highest BCUT2D eigenvalue weighted by atomic mass is 35.5. The number of para-hydroxylation sites is 1. The molecule has 2 saturated heterocycles. The molecular formula is C19H27ClN4O3S. The van der Waals surface area contributed by atoms with Crippen molar-refractivity contribution < 1.29 is 13.2 Å². The molecule has 7 nitrogen and oxygen atoms in total. The van der Waals surface area contributed by atoms with E-state index >= 15 is 0 Å². The van der Waals surface area contributed by atoms with E-state index in [-0.39, 0.29) is 24.4 Å². The number of amides is 1. The summed E-state index contributed by atoms with van der Waals surface area (Å²) in [5, 5.41) is 3.84. The average Bonchev–Trinajstić information content (AvgIpc) is 2.94. The molecular weight excluding hydrogens is 400 g/mol. The summed E-state index contributed by atoms with van der Waals surface area (Å²) in [5.41, 5.74) is 1.66. The third kappa shape index (κ3) is 3.43. The molecule has 2 fully saturated rings. The van der Waals surface area contributed by atoms with Crippen molar-refractivity contribution in [2.45, 2.75) is 30.7 Å². The van der Waals surface area contributed by atoms with Gasteiger partial charge in [-0.15, -0.1) is 12.4 Å². The maximum Gasteiger partial charge on any atom is 0.245 e. The number of carbonyl (C=O) groups excluding carboxylic acids is 1. The minimum absolute atomic E-state index is 0. The van der Waals surface area contributed by atoms with Gasteiger partial charge in [0.15, 0.2) is 0 Å². The fraction of sp³-hybridized carbons (Fsp3) is 0.526. The van der Waals surface area contributed by atoms with Gasteiger partial charge in [0, 0.05) is 55.9 Å². The maximum absolute atomic E-state index is 13.5. The lowest BCUT2D eigenvalue weighted by molar-refractivity contribution is -0.135. The van der Waals surface area contributed by atoms with Crippen molar-refractivity contribution in [3.05, 3.63) is 30.0 Å². The van der Waals surface area contributed by atoms with Crippen LogP contribution in [0.25, 0.3) is 10.9 Å². The summed E-state index contributed by atoms with van der Waals surface area (Å²) in [7, 11) is -1.73. The zero-order valence-electron chi connectivity index (χ0n) is 16.2. The molecule has 2 aliphatic rings. The zero-order chi connectivity index (χ0) is 19.2. The molecule has 1 amide bonds. The number of halogens is 1. The second kappa shape index (κ2) is 8.02. The van der Waals surface area contributed by atoms with Crippen LogP contribution in [0.4, 0.5) is 0 Å². The Morgan fingerprint density at radius 2 is 1.93 bits per heavy atom. The molecule has 2 aliphatic heterocycles. The number of carbonyl (C=O) groups is 1. The Morgan fingerprint density at radius 3 is 2.68 bits per heavy atom. The number of benzene rings is 1. The molecule has 0 saturated carbocycles. The first kappa shape index (κ1) is 21.1. The molecule has 1 unspecified atom stereocenters. The van der Waals surface area contributed by atoms with Gasteiger partial charge >= 0.3 is 0 Å². The number of hydrogen-bond donors (Lipinski definition) is 1. The van der Waals surface area contributed by atoms with Crippen LogP contribution in [0.1, 0.15) is 18.5 Å². The molecule has 1 atom stereocenters. The van der Waals surface area contributed by atoms with E-state index in [1.165, 1.54) is 0 Å². The van der Waals surface area contributed by atoms with Crippen molar-refractivity contribution in [3.8, 4) is 0 Å². The van der Waals surface area contributed by atoms with E-state index in [9.17, 15) is 13.2 Å². The van der Waals surface area contributed by atoms with Gasteiger partial charge in [0.25, 0.3) is 0 Å². The summed E-state index contributed by atoms with van der Waals surface area (Å²) in [6, 6.07) is 7.57. The first-order valence-electron chi connectivity index (χ1n) is 9.45. The third-order valence-electron chi connectivity index (χ3n) is 5.87. The van der Waals surface area contributed by atoms with E-state index in [0.717, 1.165) is 36.0 Å². The predicted molar refractivity (Wildman–Crippen MR) is 111 cm³/mol. The van der Waals surface area contributed by atoms with Gasteiger partial charge in [-0.1, -0.05) is 18.2 Å². The Morgan fingerprint density at radius 1 is 1.18 bits per heavy atom. The van der Waals surface area contributed by atoms with Crippen molar-refractivity contribution in [2.24, 2.45) is 7.05 Å².